The van der Waals surface area contributed by atoms with E-state index < -0.39 is 5.60 Å². The topological polar surface area (TPSA) is 36.4 Å². The molecule has 0 radical (unpaired) electrons. The highest BCUT2D eigenvalue weighted by Gasteiger charge is 2.40. The number of nitrogens with zero attached hydrogens (tertiary/aromatic N) is 2. The molecule has 1 saturated heterocycles. The van der Waals surface area contributed by atoms with Crippen LogP contribution in [0.2, 0.25) is 5.02 Å². The van der Waals surface area contributed by atoms with E-state index in [0.717, 1.165) is 12.2 Å². The van der Waals surface area contributed by atoms with Crippen LogP contribution in [0.15, 0.2) is 18.3 Å². The molecule has 0 saturated carbocycles. The molecule has 1 fully saturated rings. The molecule has 0 aromatic carbocycles. The number of aliphatic hydroxyl groups is 1. The Labute approximate surface area is 88.3 Å². The molecule has 2 rings (SSSR count). The summed E-state index contributed by atoms with van der Waals surface area (Å²) in [6.45, 7) is 3.23. The molecule has 2 heterocycles. The second-order valence-electron chi connectivity index (χ2n) is 3.74. The van der Waals surface area contributed by atoms with Gasteiger partial charge in [0.05, 0.1) is 23.7 Å². The minimum Gasteiger partial charge on any atom is -0.386 e. The summed E-state index contributed by atoms with van der Waals surface area (Å²) >= 11 is 5.98. The van der Waals surface area contributed by atoms with Crippen LogP contribution in [-0.4, -0.2) is 28.8 Å². The van der Waals surface area contributed by atoms with Crippen LogP contribution in [0.1, 0.15) is 13.3 Å². The summed E-state index contributed by atoms with van der Waals surface area (Å²) in [7, 11) is 0. The summed E-state index contributed by atoms with van der Waals surface area (Å²) < 4.78 is 0. The number of pyridine rings is 1. The number of β-amino-alcohol motifs (C(OH)–C–C–N with tert-alkyl or cyclic N) is 1. The van der Waals surface area contributed by atoms with Crippen molar-refractivity contribution in [1.82, 2.24) is 4.98 Å². The third kappa shape index (κ3) is 1.57. The predicted molar refractivity (Wildman–Crippen MR) is 56.7 cm³/mol. The molecule has 0 unspecified atom stereocenters. The van der Waals surface area contributed by atoms with Crippen molar-refractivity contribution in [3.63, 3.8) is 0 Å². The van der Waals surface area contributed by atoms with Gasteiger partial charge in [-0.15, -0.1) is 0 Å². The highest BCUT2D eigenvalue weighted by atomic mass is 35.5. The minimum atomic E-state index is -0.541. The van der Waals surface area contributed by atoms with Gasteiger partial charge in [0.1, 0.15) is 5.82 Å². The highest BCUT2D eigenvalue weighted by Crippen LogP contribution is 2.32. The quantitative estimate of drug-likeness (QED) is 0.811. The zero-order valence-corrected chi connectivity index (χ0v) is 8.83. The Morgan fingerprint density at radius 3 is 2.93 bits per heavy atom. The lowest BCUT2D eigenvalue weighted by atomic mass is 9.91. The molecule has 1 N–H and O–H groups in total. The van der Waals surface area contributed by atoms with Crippen molar-refractivity contribution in [2.75, 3.05) is 18.0 Å². The maximum atomic E-state index is 9.83. The molecule has 14 heavy (non-hydrogen) atoms. The molecule has 0 bridgehead atoms. The number of aromatic nitrogens is 1. The van der Waals surface area contributed by atoms with Crippen molar-refractivity contribution in [3.05, 3.63) is 23.4 Å². The fourth-order valence-electron chi connectivity index (χ4n) is 1.65. The number of anilines is 1. The maximum absolute atomic E-state index is 9.83. The number of hydrogen-bond acceptors (Lipinski definition) is 3. The van der Waals surface area contributed by atoms with E-state index in [1.54, 1.807) is 12.3 Å². The number of hydrogen-bond donors (Lipinski definition) is 1. The number of halogens is 1. The van der Waals surface area contributed by atoms with Crippen LogP contribution in [0.25, 0.3) is 0 Å². The van der Waals surface area contributed by atoms with Crippen LogP contribution in [0.5, 0.6) is 0 Å². The van der Waals surface area contributed by atoms with Gasteiger partial charge in [-0.3, -0.25) is 0 Å². The lowest BCUT2D eigenvalue weighted by Gasteiger charge is -2.47. The van der Waals surface area contributed by atoms with E-state index in [2.05, 4.69) is 4.98 Å². The molecule has 1 aliphatic heterocycles. The maximum Gasteiger partial charge on any atom is 0.147 e. The predicted octanol–water partition coefficient (Wildman–Crippen LogP) is 1.70. The molecular weight excluding hydrogens is 200 g/mol. The van der Waals surface area contributed by atoms with Crippen LogP contribution < -0.4 is 4.90 Å². The minimum absolute atomic E-state index is 0.541. The van der Waals surface area contributed by atoms with Crippen LogP contribution >= 0.6 is 11.6 Å². The molecule has 76 valence electrons. The first-order chi connectivity index (χ1) is 6.64. The summed E-state index contributed by atoms with van der Waals surface area (Å²) in [6.07, 6.45) is 2.48. The first-order valence-corrected chi connectivity index (χ1v) is 5.10. The lowest BCUT2D eigenvalue weighted by Crippen LogP contribution is -2.61. The smallest absolute Gasteiger partial charge is 0.147 e. The fourth-order valence-corrected chi connectivity index (χ4v) is 1.89. The Morgan fingerprint density at radius 2 is 2.36 bits per heavy atom. The van der Waals surface area contributed by atoms with E-state index in [-0.39, 0.29) is 0 Å². The Bertz CT molecular complexity index is 337. The van der Waals surface area contributed by atoms with Crippen molar-refractivity contribution in [1.29, 1.82) is 0 Å². The van der Waals surface area contributed by atoms with E-state index >= 15 is 0 Å². The van der Waals surface area contributed by atoms with Gasteiger partial charge in [-0.05, 0) is 18.6 Å². The first kappa shape index (κ1) is 9.74. The van der Waals surface area contributed by atoms with Crippen molar-refractivity contribution >= 4 is 17.4 Å². The summed E-state index contributed by atoms with van der Waals surface area (Å²) in [6, 6.07) is 3.62. The second kappa shape index (κ2) is 3.41. The van der Waals surface area contributed by atoms with Gasteiger partial charge >= 0.3 is 0 Å². The lowest BCUT2D eigenvalue weighted by molar-refractivity contribution is 0.00808. The first-order valence-electron chi connectivity index (χ1n) is 4.72. The van der Waals surface area contributed by atoms with Crippen molar-refractivity contribution in [2.24, 2.45) is 0 Å². The van der Waals surface area contributed by atoms with Gasteiger partial charge in [-0.1, -0.05) is 18.5 Å². The molecule has 1 aliphatic rings. The van der Waals surface area contributed by atoms with Gasteiger partial charge < -0.3 is 10.0 Å². The van der Waals surface area contributed by atoms with E-state index in [1.807, 2.05) is 17.9 Å². The normalized spacial score (nSPS) is 19.2. The third-order valence-corrected chi connectivity index (χ3v) is 2.96. The molecule has 0 amide bonds. The second-order valence-corrected chi connectivity index (χ2v) is 4.15. The van der Waals surface area contributed by atoms with Gasteiger partial charge in [-0.2, -0.15) is 0 Å². The Morgan fingerprint density at radius 1 is 1.64 bits per heavy atom. The summed E-state index contributed by atoms with van der Waals surface area (Å²) in [5.74, 6) is 0.771. The summed E-state index contributed by atoms with van der Waals surface area (Å²) in [4.78, 5) is 6.17. The van der Waals surface area contributed by atoms with E-state index in [9.17, 15) is 5.11 Å². The average Bonchev–Trinajstić information content (AvgIpc) is 2.14. The molecule has 3 nitrogen and oxygen atoms in total. The summed E-state index contributed by atoms with van der Waals surface area (Å²) in [5, 5.41) is 10.5. The Hall–Kier alpha value is -0.800. The number of rotatable bonds is 2. The van der Waals surface area contributed by atoms with Crippen LogP contribution in [0.3, 0.4) is 0 Å². The SMILES string of the molecule is CCC1(O)CN(c2ncccc2Cl)C1. The molecule has 0 aliphatic carbocycles. The van der Waals surface area contributed by atoms with Gasteiger partial charge in [0, 0.05) is 6.20 Å². The van der Waals surface area contributed by atoms with Crippen LogP contribution in [-0.2, 0) is 0 Å². The van der Waals surface area contributed by atoms with Crippen molar-refractivity contribution in [3.8, 4) is 0 Å². The van der Waals surface area contributed by atoms with E-state index in [0.29, 0.717) is 18.1 Å². The van der Waals surface area contributed by atoms with Gasteiger partial charge in [-0.25, -0.2) is 4.98 Å². The molecule has 1 aromatic heterocycles. The zero-order chi connectivity index (χ0) is 10.2. The monoisotopic (exact) mass is 212 g/mol. The molecule has 4 heteroatoms. The summed E-state index contributed by atoms with van der Waals surface area (Å²) in [5.41, 5.74) is -0.541. The molecule has 1 aromatic rings. The van der Waals surface area contributed by atoms with Gasteiger partial charge in [0.2, 0.25) is 0 Å². The van der Waals surface area contributed by atoms with Gasteiger partial charge in [0.25, 0.3) is 0 Å². The standard InChI is InChI=1S/C10H13ClN2O/c1-2-10(14)6-13(7-10)9-8(11)4-3-5-12-9/h3-5,14H,2,6-7H2,1H3. The third-order valence-electron chi connectivity index (χ3n) is 2.67. The van der Waals surface area contributed by atoms with Crippen LogP contribution in [0.4, 0.5) is 5.82 Å². The van der Waals surface area contributed by atoms with E-state index in [4.69, 9.17) is 11.6 Å². The highest BCUT2D eigenvalue weighted by molar-refractivity contribution is 6.32. The fraction of sp³-hybridized carbons (Fsp3) is 0.500. The largest absolute Gasteiger partial charge is 0.386 e. The zero-order valence-electron chi connectivity index (χ0n) is 8.07. The molecule has 0 spiro atoms. The Kier molecular flexibility index (Phi) is 2.37. The molecule has 0 atom stereocenters. The Balaban J connectivity index is 2.10. The van der Waals surface area contributed by atoms with Crippen molar-refractivity contribution in [2.45, 2.75) is 18.9 Å². The van der Waals surface area contributed by atoms with Crippen molar-refractivity contribution < 1.29 is 5.11 Å². The van der Waals surface area contributed by atoms with Gasteiger partial charge in [0.15, 0.2) is 0 Å². The average molecular weight is 213 g/mol. The van der Waals surface area contributed by atoms with E-state index in [1.165, 1.54) is 0 Å². The van der Waals surface area contributed by atoms with Crippen LogP contribution in [0, 0.1) is 0 Å². The molecular formula is C10H13ClN2O.